The summed E-state index contributed by atoms with van der Waals surface area (Å²) < 4.78 is 24.7. The summed E-state index contributed by atoms with van der Waals surface area (Å²) in [5, 5.41) is 9.40. The van der Waals surface area contributed by atoms with Crippen LogP contribution in [0.3, 0.4) is 0 Å². The lowest BCUT2D eigenvalue weighted by Crippen LogP contribution is -1.95. The van der Waals surface area contributed by atoms with Gasteiger partial charge in [-0.15, -0.1) is 0 Å². The molecule has 0 saturated carbocycles. The van der Waals surface area contributed by atoms with Gasteiger partial charge < -0.3 is 14.6 Å². The summed E-state index contributed by atoms with van der Waals surface area (Å²) in [5.41, 5.74) is 0.512. The van der Waals surface area contributed by atoms with Crippen molar-refractivity contribution in [2.75, 3.05) is 6.61 Å². The first-order chi connectivity index (χ1) is 9.60. The molecule has 1 N–H and O–H groups in total. The summed E-state index contributed by atoms with van der Waals surface area (Å²) in [6.45, 7) is 4.03. The molecule has 0 saturated heterocycles. The number of ether oxygens (including phenoxy) is 2. The van der Waals surface area contributed by atoms with E-state index < -0.39 is 11.9 Å². The van der Waals surface area contributed by atoms with E-state index in [-0.39, 0.29) is 5.75 Å². The number of aliphatic hydroxyl groups excluding tert-OH is 1. The molecule has 3 nitrogen and oxygen atoms in total. The monoisotopic (exact) mass is 276 g/mol. The second kappa shape index (κ2) is 6.39. The average Bonchev–Trinajstić information content (AvgIpc) is 2.42. The van der Waals surface area contributed by atoms with Crippen molar-refractivity contribution < 1.29 is 19.0 Å². The van der Waals surface area contributed by atoms with Gasteiger partial charge in [0, 0.05) is 6.07 Å². The van der Waals surface area contributed by atoms with E-state index in [2.05, 4.69) is 0 Å². The molecule has 0 bridgehead atoms. The van der Waals surface area contributed by atoms with Crippen LogP contribution in [0, 0.1) is 5.82 Å². The van der Waals surface area contributed by atoms with Gasteiger partial charge in [0.2, 0.25) is 0 Å². The summed E-state index contributed by atoms with van der Waals surface area (Å²) in [6.07, 6.45) is -0.708. The fourth-order valence-corrected chi connectivity index (χ4v) is 1.78. The van der Waals surface area contributed by atoms with Gasteiger partial charge in [0.05, 0.1) is 12.7 Å². The third-order valence-electron chi connectivity index (χ3n) is 2.78. The molecule has 1 atom stereocenters. The van der Waals surface area contributed by atoms with Gasteiger partial charge in [-0.2, -0.15) is 0 Å². The van der Waals surface area contributed by atoms with Crippen molar-refractivity contribution in [2.24, 2.45) is 0 Å². The Morgan fingerprint density at radius 3 is 2.55 bits per heavy atom. The quantitative estimate of drug-likeness (QED) is 0.894. The third-order valence-corrected chi connectivity index (χ3v) is 2.78. The number of hydrogen-bond acceptors (Lipinski definition) is 3. The van der Waals surface area contributed by atoms with Crippen LogP contribution in [0.2, 0.25) is 0 Å². The Morgan fingerprint density at radius 2 is 1.90 bits per heavy atom. The van der Waals surface area contributed by atoms with Gasteiger partial charge in [-0.1, -0.05) is 12.1 Å². The minimum absolute atomic E-state index is 0.114. The van der Waals surface area contributed by atoms with E-state index in [1.165, 1.54) is 12.1 Å². The molecule has 4 heteroatoms. The summed E-state index contributed by atoms with van der Waals surface area (Å²) in [4.78, 5) is 0. The highest BCUT2D eigenvalue weighted by molar-refractivity contribution is 5.38. The van der Waals surface area contributed by atoms with Crippen molar-refractivity contribution in [1.29, 1.82) is 0 Å². The largest absolute Gasteiger partial charge is 0.494 e. The van der Waals surface area contributed by atoms with E-state index in [0.29, 0.717) is 23.7 Å². The molecule has 0 fully saturated rings. The van der Waals surface area contributed by atoms with Crippen LogP contribution in [0.5, 0.6) is 17.2 Å². The van der Waals surface area contributed by atoms with Crippen molar-refractivity contribution >= 4 is 0 Å². The first kappa shape index (κ1) is 14.3. The van der Waals surface area contributed by atoms with Gasteiger partial charge in [-0.25, -0.2) is 4.39 Å². The molecule has 0 radical (unpaired) electrons. The highest BCUT2D eigenvalue weighted by Gasteiger charge is 2.09. The van der Waals surface area contributed by atoms with Gasteiger partial charge in [0.15, 0.2) is 11.6 Å². The van der Waals surface area contributed by atoms with E-state index in [1.54, 1.807) is 31.2 Å². The number of hydrogen-bond donors (Lipinski definition) is 1. The molecule has 2 aromatic rings. The third kappa shape index (κ3) is 3.48. The lowest BCUT2D eigenvalue weighted by Gasteiger charge is -2.11. The van der Waals surface area contributed by atoms with Crippen LogP contribution in [0.15, 0.2) is 42.5 Å². The Balaban J connectivity index is 2.19. The van der Waals surface area contributed by atoms with E-state index in [1.807, 2.05) is 13.0 Å². The van der Waals surface area contributed by atoms with Gasteiger partial charge in [0.1, 0.15) is 11.5 Å². The second-order valence-corrected chi connectivity index (χ2v) is 4.38. The zero-order valence-electron chi connectivity index (χ0n) is 11.5. The Hall–Kier alpha value is -2.07. The summed E-state index contributed by atoms with van der Waals surface area (Å²) in [6, 6.07) is 11.4. The summed E-state index contributed by atoms with van der Waals surface area (Å²) in [5.74, 6) is 0.777. The van der Waals surface area contributed by atoms with Crippen LogP contribution in [-0.4, -0.2) is 11.7 Å². The van der Waals surface area contributed by atoms with Gasteiger partial charge >= 0.3 is 0 Å². The molecule has 0 unspecified atom stereocenters. The number of rotatable bonds is 5. The molecule has 0 amide bonds. The number of halogens is 1. The fourth-order valence-electron chi connectivity index (χ4n) is 1.78. The number of aliphatic hydroxyl groups is 1. The zero-order valence-corrected chi connectivity index (χ0v) is 11.5. The fraction of sp³-hybridized carbons (Fsp3) is 0.250. The smallest absolute Gasteiger partial charge is 0.166 e. The van der Waals surface area contributed by atoms with Crippen LogP contribution < -0.4 is 9.47 Å². The molecular formula is C16H17FO3. The first-order valence-electron chi connectivity index (χ1n) is 6.48. The Morgan fingerprint density at radius 1 is 1.15 bits per heavy atom. The molecule has 0 aliphatic rings. The van der Waals surface area contributed by atoms with Crippen LogP contribution >= 0.6 is 0 Å². The summed E-state index contributed by atoms with van der Waals surface area (Å²) >= 11 is 0. The van der Waals surface area contributed by atoms with Crippen molar-refractivity contribution in [3.63, 3.8) is 0 Å². The topological polar surface area (TPSA) is 38.7 Å². The zero-order chi connectivity index (χ0) is 14.5. The maximum Gasteiger partial charge on any atom is 0.166 e. The van der Waals surface area contributed by atoms with E-state index >= 15 is 0 Å². The van der Waals surface area contributed by atoms with E-state index in [9.17, 15) is 9.50 Å². The molecule has 2 rings (SSSR count). The normalized spacial score (nSPS) is 12.0. The molecule has 0 heterocycles. The van der Waals surface area contributed by atoms with Crippen LogP contribution in [0.1, 0.15) is 25.5 Å². The molecule has 2 aromatic carbocycles. The average molecular weight is 276 g/mol. The molecule has 0 aliphatic carbocycles. The van der Waals surface area contributed by atoms with Crippen molar-refractivity contribution in [3.8, 4) is 17.2 Å². The molecule has 0 aliphatic heterocycles. The molecule has 0 aromatic heterocycles. The SMILES string of the molecule is CCOc1cccc(Oc2ccc([C@@H](C)O)cc2F)c1. The molecule has 20 heavy (non-hydrogen) atoms. The van der Waals surface area contributed by atoms with Gasteiger partial charge in [-0.05, 0) is 43.7 Å². The van der Waals surface area contributed by atoms with Crippen molar-refractivity contribution in [1.82, 2.24) is 0 Å². The first-order valence-corrected chi connectivity index (χ1v) is 6.48. The van der Waals surface area contributed by atoms with Crippen LogP contribution in [-0.2, 0) is 0 Å². The second-order valence-electron chi connectivity index (χ2n) is 4.38. The predicted octanol–water partition coefficient (Wildman–Crippen LogP) is 4.07. The van der Waals surface area contributed by atoms with Gasteiger partial charge in [0.25, 0.3) is 0 Å². The van der Waals surface area contributed by atoms with Crippen molar-refractivity contribution in [2.45, 2.75) is 20.0 Å². The predicted molar refractivity (Wildman–Crippen MR) is 74.7 cm³/mol. The lowest BCUT2D eigenvalue weighted by atomic mass is 10.1. The Bertz CT molecular complexity index is 582. The minimum Gasteiger partial charge on any atom is -0.494 e. The maximum absolute atomic E-state index is 13.9. The summed E-state index contributed by atoms with van der Waals surface area (Å²) in [7, 11) is 0. The Labute approximate surface area is 117 Å². The maximum atomic E-state index is 13.9. The van der Waals surface area contributed by atoms with Crippen molar-refractivity contribution in [3.05, 3.63) is 53.8 Å². The highest BCUT2D eigenvalue weighted by atomic mass is 19.1. The lowest BCUT2D eigenvalue weighted by molar-refractivity contribution is 0.198. The molecular weight excluding hydrogens is 259 g/mol. The number of benzene rings is 2. The minimum atomic E-state index is -0.708. The van der Waals surface area contributed by atoms with E-state index in [4.69, 9.17) is 9.47 Å². The van der Waals surface area contributed by atoms with Gasteiger partial charge in [-0.3, -0.25) is 0 Å². The van der Waals surface area contributed by atoms with E-state index in [0.717, 1.165) is 0 Å². The van der Waals surface area contributed by atoms with Crippen LogP contribution in [0.4, 0.5) is 4.39 Å². The van der Waals surface area contributed by atoms with Crippen LogP contribution in [0.25, 0.3) is 0 Å². The standard InChI is InChI=1S/C16H17FO3/c1-3-19-13-5-4-6-14(10-13)20-16-8-7-12(11(2)18)9-15(16)17/h4-11,18H,3H2,1-2H3/t11-/m1/s1. The Kier molecular flexibility index (Phi) is 4.58. The molecule has 0 spiro atoms. The molecule has 106 valence electrons. The highest BCUT2D eigenvalue weighted by Crippen LogP contribution is 2.28.